The third-order valence-corrected chi connectivity index (χ3v) is 5.67. The molecule has 1 amide bonds. The minimum atomic E-state index is -0.384. The van der Waals surface area contributed by atoms with Crippen molar-refractivity contribution in [1.82, 2.24) is 14.5 Å². The first-order valence-corrected chi connectivity index (χ1v) is 10.7. The van der Waals surface area contributed by atoms with Crippen LogP contribution in [0.25, 0.3) is 22.2 Å². The van der Waals surface area contributed by atoms with Crippen LogP contribution in [0.3, 0.4) is 0 Å². The highest BCUT2D eigenvalue weighted by atomic mass is 16.5. The number of nitrogen functional groups attached to an aromatic ring is 1. The first-order chi connectivity index (χ1) is 16.6. The van der Waals surface area contributed by atoms with Gasteiger partial charge in [0, 0.05) is 0 Å². The number of hydrogen-bond donors (Lipinski definition) is 2. The highest BCUT2D eigenvalue weighted by Gasteiger charge is 2.25. The first kappa shape index (κ1) is 21.3. The molecule has 170 valence electrons. The summed E-state index contributed by atoms with van der Waals surface area (Å²) in [5.74, 6) is 1.21. The van der Waals surface area contributed by atoms with E-state index in [9.17, 15) is 4.79 Å². The molecule has 34 heavy (non-hydrogen) atoms. The summed E-state index contributed by atoms with van der Waals surface area (Å²) in [6.45, 7) is 0.418. The molecule has 0 bridgehead atoms. The fourth-order valence-corrected chi connectivity index (χ4v) is 3.95. The van der Waals surface area contributed by atoms with Crippen molar-refractivity contribution in [3.05, 3.63) is 83.9 Å². The van der Waals surface area contributed by atoms with E-state index in [2.05, 4.69) is 5.32 Å². The number of fused-ring (bicyclic) bond motifs is 2. The second-order valence-corrected chi connectivity index (χ2v) is 7.73. The summed E-state index contributed by atoms with van der Waals surface area (Å²) in [6, 6.07) is 22.4. The molecule has 0 radical (unpaired) electrons. The SMILES string of the molecule is COc1ccc(Cn2c(N)c(C(=O)Nc3ccccc3OC)c3nc4ccccc4nc32)cc1. The van der Waals surface area contributed by atoms with Crippen LogP contribution in [0.5, 0.6) is 11.5 Å². The largest absolute Gasteiger partial charge is 0.497 e. The molecule has 3 aromatic carbocycles. The maximum absolute atomic E-state index is 13.5. The summed E-state index contributed by atoms with van der Waals surface area (Å²) in [7, 11) is 3.18. The van der Waals surface area contributed by atoms with Gasteiger partial charge in [0.15, 0.2) is 5.65 Å². The zero-order chi connectivity index (χ0) is 23.7. The number of nitrogens with one attached hydrogen (secondary N) is 1. The zero-order valence-electron chi connectivity index (χ0n) is 18.8. The highest BCUT2D eigenvalue weighted by Crippen LogP contribution is 2.31. The van der Waals surface area contributed by atoms with Gasteiger partial charge in [-0.05, 0) is 42.0 Å². The summed E-state index contributed by atoms with van der Waals surface area (Å²) in [4.78, 5) is 23.0. The minimum Gasteiger partial charge on any atom is -0.497 e. The number of nitrogens with zero attached hydrogens (tertiary/aromatic N) is 3. The number of aromatic nitrogens is 3. The number of carbonyl (C=O) groups is 1. The van der Waals surface area contributed by atoms with Gasteiger partial charge in [0.05, 0.1) is 37.5 Å². The van der Waals surface area contributed by atoms with E-state index < -0.39 is 0 Å². The number of anilines is 2. The minimum absolute atomic E-state index is 0.271. The maximum Gasteiger partial charge on any atom is 0.261 e. The lowest BCUT2D eigenvalue weighted by atomic mass is 10.2. The van der Waals surface area contributed by atoms with E-state index in [1.54, 1.807) is 26.4 Å². The number of benzene rings is 3. The smallest absolute Gasteiger partial charge is 0.261 e. The lowest BCUT2D eigenvalue weighted by Crippen LogP contribution is -2.15. The predicted molar refractivity (Wildman–Crippen MR) is 132 cm³/mol. The predicted octanol–water partition coefficient (Wildman–Crippen LogP) is 4.48. The van der Waals surface area contributed by atoms with Gasteiger partial charge in [0.1, 0.15) is 28.4 Å². The van der Waals surface area contributed by atoms with Crippen LogP contribution in [0.4, 0.5) is 11.5 Å². The number of carbonyl (C=O) groups excluding carboxylic acids is 1. The summed E-state index contributed by atoms with van der Waals surface area (Å²) in [5, 5.41) is 2.91. The molecule has 5 aromatic rings. The standard InChI is InChI=1S/C26H23N5O3/c1-33-17-13-11-16(12-14-17)15-31-24(27)22(26(32)30-20-9-5-6-10-21(20)34-2)23-25(31)29-19-8-4-3-7-18(19)28-23/h3-14H,15,27H2,1-2H3,(H,30,32). The number of nitrogens with two attached hydrogens (primary N) is 1. The normalized spacial score (nSPS) is 11.0. The van der Waals surface area contributed by atoms with Crippen LogP contribution in [-0.2, 0) is 6.54 Å². The molecule has 8 heteroatoms. The van der Waals surface area contributed by atoms with Crippen molar-refractivity contribution in [2.75, 3.05) is 25.3 Å². The van der Waals surface area contributed by atoms with Gasteiger partial charge in [0.2, 0.25) is 0 Å². The van der Waals surface area contributed by atoms with E-state index in [0.29, 0.717) is 34.7 Å². The van der Waals surface area contributed by atoms with Crippen LogP contribution in [0, 0.1) is 0 Å². The van der Waals surface area contributed by atoms with Crippen molar-refractivity contribution in [2.45, 2.75) is 6.54 Å². The molecule has 0 aliphatic rings. The van der Waals surface area contributed by atoms with Crippen molar-refractivity contribution in [2.24, 2.45) is 0 Å². The first-order valence-electron chi connectivity index (χ1n) is 10.7. The Morgan fingerprint density at radius 2 is 1.59 bits per heavy atom. The summed E-state index contributed by atoms with van der Waals surface area (Å²) < 4.78 is 12.4. The molecule has 0 fully saturated rings. The van der Waals surface area contributed by atoms with E-state index in [1.807, 2.05) is 65.2 Å². The molecule has 0 unspecified atom stereocenters. The van der Waals surface area contributed by atoms with Crippen molar-refractivity contribution in [3.8, 4) is 11.5 Å². The van der Waals surface area contributed by atoms with Gasteiger partial charge in [0.25, 0.3) is 5.91 Å². The Morgan fingerprint density at radius 1 is 0.912 bits per heavy atom. The van der Waals surface area contributed by atoms with E-state index >= 15 is 0 Å². The number of para-hydroxylation sites is 4. The molecule has 8 nitrogen and oxygen atoms in total. The molecular weight excluding hydrogens is 430 g/mol. The lowest BCUT2D eigenvalue weighted by molar-refractivity contribution is 0.102. The lowest BCUT2D eigenvalue weighted by Gasteiger charge is -2.10. The van der Waals surface area contributed by atoms with Gasteiger partial charge >= 0.3 is 0 Å². The third-order valence-electron chi connectivity index (χ3n) is 5.67. The number of methoxy groups -OCH3 is 2. The van der Waals surface area contributed by atoms with Crippen LogP contribution in [0.15, 0.2) is 72.8 Å². The number of amides is 1. The van der Waals surface area contributed by atoms with Crippen molar-refractivity contribution in [1.29, 1.82) is 0 Å². The van der Waals surface area contributed by atoms with Crippen LogP contribution >= 0.6 is 0 Å². The van der Waals surface area contributed by atoms with E-state index in [1.165, 1.54) is 0 Å². The number of hydrogen-bond acceptors (Lipinski definition) is 6. The van der Waals surface area contributed by atoms with Gasteiger partial charge in [-0.2, -0.15) is 0 Å². The molecular formula is C26H23N5O3. The monoisotopic (exact) mass is 453 g/mol. The van der Waals surface area contributed by atoms with Gasteiger partial charge in [-0.25, -0.2) is 9.97 Å². The molecule has 0 aliphatic carbocycles. The Bertz CT molecular complexity index is 1510. The summed E-state index contributed by atoms with van der Waals surface area (Å²) in [6.07, 6.45) is 0. The van der Waals surface area contributed by atoms with Crippen molar-refractivity contribution < 1.29 is 14.3 Å². The molecule has 0 saturated heterocycles. The highest BCUT2D eigenvalue weighted by molar-refractivity contribution is 6.16. The summed E-state index contributed by atoms with van der Waals surface area (Å²) >= 11 is 0. The Kier molecular flexibility index (Phi) is 5.47. The molecule has 3 N–H and O–H groups in total. The van der Waals surface area contributed by atoms with Crippen LogP contribution < -0.4 is 20.5 Å². The van der Waals surface area contributed by atoms with E-state index in [0.717, 1.165) is 16.8 Å². The molecule has 2 aromatic heterocycles. The molecule has 0 aliphatic heterocycles. The number of rotatable bonds is 6. The van der Waals surface area contributed by atoms with E-state index in [-0.39, 0.29) is 17.3 Å². The van der Waals surface area contributed by atoms with E-state index in [4.69, 9.17) is 25.2 Å². The summed E-state index contributed by atoms with van der Waals surface area (Å²) in [5.41, 5.74) is 10.8. The van der Waals surface area contributed by atoms with Crippen molar-refractivity contribution in [3.63, 3.8) is 0 Å². The van der Waals surface area contributed by atoms with Crippen molar-refractivity contribution >= 4 is 39.6 Å². The topological polar surface area (TPSA) is 104 Å². The fourth-order valence-electron chi connectivity index (χ4n) is 3.95. The van der Waals surface area contributed by atoms with Crippen LogP contribution in [0.1, 0.15) is 15.9 Å². The average molecular weight is 454 g/mol. The third kappa shape index (κ3) is 3.75. The van der Waals surface area contributed by atoms with Gasteiger partial charge in [-0.15, -0.1) is 0 Å². The Hall–Kier alpha value is -4.59. The average Bonchev–Trinajstić information content (AvgIpc) is 3.13. The van der Waals surface area contributed by atoms with Crippen LogP contribution in [-0.4, -0.2) is 34.7 Å². The molecule has 0 spiro atoms. The molecule has 0 atom stereocenters. The van der Waals surface area contributed by atoms with Gasteiger partial charge in [-0.3, -0.25) is 4.79 Å². The molecule has 5 rings (SSSR count). The second-order valence-electron chi connectivity index (χ2n) is 7.73. The Balaban J connectivity index is 1.65. The molecule has 0 saturated carbocycles. The zero-order valence-corrected chi connectivity index (χ0v) is 18.8. The van der Waals surface area contributed by atoms with Gasteiger partial charge in [-0.1, -0.05) is 36.4 Å². The Morgan fingerprint density at radius 3 is 2.29 bits per heavy atom. The molecule has 2 heterocycles. The number of ether oxygens (including phenoxy) is 2. The Labute approximate surface area is 196 Å². The second kappa shape index (κ2) is 8.74. The quantitative estimate of drug-likeness (QED) is 0.393. The maximum atomic E-state index is 13.5. The van der Waals surface area contributed by atoms with Gasteiger partial charge < -0.3 is 25.1 Å². The van der Waals surface area contributed by atoms with Crippen LogP contribution in [0.2, 0.25) is 0 Å². The fraction of sp³-hybridized carbons (Fsp3) is 0.115.